The maximum Gasteiger partial charge on any atom is 0.0438 e. The van der Waals surface area contributed by atoms with Gasteiger partial charge in [-0.15, -0.1) is 11.3 Å². The van der Waals surface area contributed by atoms with Crippen molar-refractivity contribution in [2.45, 2.75) is 40.2 Å². The minimum Gasteiger partial charge on any atom is -0.309 e. The molecule has 1 atom stereocenters. The summed E-state index contributed by atoms with van der Waals surface area (Å²) in [6.45, 7) is 10.0. The van der Waals surface area contributed by atoms with E-state index in [-0.39, 0.29) is 0 Å². The number of hydrogen-bond donors (Lipinski definition) is 1. The van der Waals surface area contributed by atoms with Crippen LogP contribution in [-0.2, 0) is 0 Å². The number of aryl methyl sites for hydroxylation is 1. The molecule has 0 fully saturated rings. The van der Waals surface area contributed by atoms with E-state index < -0.39 is 0 Å². The van der Waals surface area contributed by atoms with E-state index in [0.717, 1.165) is 11.0 Å². The number of nitrogens with one attached hydrogen (secondary N) is 1. The van der Waals surface area contributed by atoms with Crippen molar-refractivity contribution in [2.24, 2.45) is 5.92 Å². The molecule has 0 saturated carbocycles. The Hall–Kier alpha value is -0.640. The predicted molar refractivity (Wildman–Crippen MR) is 98.1 cm³/mol. The fraction of sp³-hybridized carbons (Fsp3) is 0.444. The average molecular weight is 366 g/mol. The van der Waals surface area contributed by atoms with Crippen LogP contribution in [0.25, 0.3) is 10.4 Å². The van der Waals surface area contributed by atoms with Gasteiger partial charge in [0.1, 0.15) is 0 Å². The molecular formula is C18H24BrNS. The van der Waals surface area contributed by atoms with Gasteiger partial charge < -0.3 is 5.32 Å². The van der Waals surface area contributed by atoms with Gasteiger partial charge in [0.2, 0.25) is 0 Å². The van der Waals surface area contributed by atoms with Gasteiger partial charge in [-0.1, -0.05) is 42.8 Å². The molecule has 0 bridgehead atoms. The number of rotatable bonds is 6. The molecule has 1 nitrogen and oxygen atoms in total. The summed E-state index contributed by atoms with van der Waals surface area (Å²) in [5.74, 6) is 0.603. The van der Waals surface area contributed by atoms with Gasteiger partial charge in [0.15, 0.2) is 0 Å². The van der Waals surface area contributed by atoms with E-state index in [0.29, 0.717) is 12.0 Å². The van der Waals surface area contributed by atoms with Crippen LogP contribution in [-0.4, -0.2) is 6.54 Å². The first-order chi connectivity index (χ1) is 10.0. The number of hydrogen-bond acceptors (Lipinski definition) is 2. The van der Waals surface area contributed by atoms with Crippen molar-refractivity contribution in [3.8, 4) is 10.4 Å². The Morgan fingerprint density at radius 1 is 1.19 bits per heavy atom. The highest BCUT2D eigenvalue weighted by molar-refractivity contribution is 9.10. The van der Waals surface area contributed by atoms with Crippen LogP contribution in [0.3, 0.4) is 0 Å². The lowest BCUT2D eigenvalue weighted by Gasteiger charge is -2.21. The van der Waals surface area contributed by atoms with Gasteiger partial charge >= 0.3 is 0 Å². The Bertz CT molecular complexity index is 589. The lowest BCUT2D eigenvalue weighted by atomic mass is 10.0. The number of thiophene rings is 1. The van der Waals surface area contributed by atoms with Crippen molar-refractivity contribution in [1.29, 1.82) is 0 Å². The van der Waals surface area contributed by atoms with Crippen LogP contribution in [0.5, 0.6) is 0 Å². The van der Waals surface area contributed by atoms with E-state index >= 15 is 0 Å². The van der Waals surface area contributed by atoms with Crippen LogP contribution in [0.2, 0.25) is 0 Å². The first kappa shape index (κ1) is 16.7. The summed E-state index contributed by atoms with van der Waals surface area (Å²) in [4.78, 5) is 2.79. The average Bonchev–Trinajstić information content (AvgIpc) is 2.91. The van der Waals surface area contributed by atoms with E-state index in [1.54, 1.807) is 0 Å². The lowest BCUT2D eigenvalue weighted by Crippen LogP contribution is -2.25. The zero-order chi connectivity index (χ0) is 15.4. The molecule has 0 aliphatic carbocycles. The summed E-state index contributed by atoms with van der Waals surface area (Å²) in [6, 6.07) is 11.5. The molecule has 1 N–H and O–H groups in total. The molecule has 21 heavy (non-hydrogen) atoms. The monoisotopic (exact) mass is 365 g/mol. The molecule has 3 heteroatoms. The molecule has 0 radical (unpaired) electrons. The van der Waals surface area contributed by atoms with Gasteiger partial charge in [-0.05, 0) is 61.2 Å². The largest absolute Gasteiger partial charge is 0.309 e. The van der Waals surface area contributed by atoms with Crippen molar-refractivity contribution in [3.05, 3.63) is 45.2 Å². The minimum absolute atomic E-state index is 0.455. The first-order valence-corrected chi connectivity index (χ1v) is 9.23. The van der Waals surface area contributed by atoms with Crippen LogP contribution in [0.15, 0.2) is 34.8 Å². The van der Waals surface area contributed by atoms with Crippen LogP contribution >= 0.6 is 27.3 Å². The molecule has 1 heterocycles. The molecular weight excluding hydrogens is 342 g/mol. The molecule has 0 spiro atoms. The summed E-state index contributed by atoms with van der Waals surface area (Å²) in [6.07, 6.45) is 1.17. The van der Waals surface area contributed by atoms with Crippen molar-refractivity contribution < 1.29 is 0 Å². The fourth-order valence-electron chi connectivity index (χ4n) is 2.49. The zero-order valence-corrected chi connectivity index (χ0v) is 15.6. The number of halogens is 1. The normalized spacial score (nSPS) is 12.9. The van der Waals surface area contributed by atoms with E-state index in [4.69, 9.17) is 0 Å². The highest BCUT2D eigenvalue weighted by atomic mass is 79.9. The summed E-state index contributed by atoms with van der Waals surface area (Å²) < 4.78 is 1.14. The quantitative estimate of drug-likeness (QED) is 0.643. The lowest BCUT2D eigenvalue weighted by molar-refractivity contribution is 0.418. The summed E-state index contributed by atoms with van der Waals surface area (Å²) in [5, 5.41) is 3.68. The predicted octanol–water partition coefficient (Wildman–Crippen LogP) is 6.18. The molecule has 2 rings (SSSR count). The Kier molecular flexibility index (Phi) is 6.03. The summed E-state index contributed by atoms with van der Waals surface area (Å²) in [5.41, 5.74) is 2.66. The van der Waals surface area contributed by atoms with E-state index in [1.165, 1.54) is 27.3 Å². The van der Waals surface area contributed by atoms with Gasteiger partial charge in [0.25, 0.3) is 0 Å². The molecule has 0 saturated heterocycles. The van der Waals surface area contributed by atoms with Crippen molar-refractivity contribution in [3.63, 3.8) is 0 Å². The Morgan fingerprint density at radius 2 is 1.95 bits per heavy atom. The second-order valence-electron chi connectivity index (χ2n) is 5.84. The smallest absolute Gasteiger partial charge is 0.0438 e. The second kappa shape index (κ2) is 7.57. The third-order valence-corrected chi connectivity index (χ3v) is 5.37. The van der Waals surface area contributed by atoms with Gasteiger partial charge in [0.05, 0.1) is 0 Å². The van der Waals surface area contributed by atoms with Crippen molar-refractivity contribution in [1.82, 2.24) is 5.32 Å². The molecule has 0 amide bonds. The third kappa shape index (κ3) is 4.18. The van der Waals surface area contributed by atoms with Crippen LogP contribution < -0.4 is 5.32 Å². The molecule has 1 aromatic carbocycles. The van der Waals surface area contributed by atoms with E-state index in [9.17, 15) is 0 Å². The second-order valence-corrected chi connectivity index (χ2v) is 7.87. The van der Waals surface area contributed by atoms with Gasteiger partial charge in [-0.2, -0.15) is 0 Å². The third-order valence-electron chi connectivity index (χ3n) is 3.68. The van der Waals surface area contributed by atoms with Crippen molar-refractivity contribution >= 4 is 27.3 Å². The summed E-state index contributed by atoms with van der Waals surface area (Å²) >= 11 is 5.49. The van der Waals surface area contributed by atoms with E-state index in [1.807, 2.05) is 11.3 Å². The molecule has 114 valence electrons. The fourth-order valence-corrected chi connectivity index (χ4v) is 4.19. The SMILES string of the molecule is CCCNC(c1ccc(-c2cc(Br)ccc2C)s1)C(C)C. The van der Waals surface area contributed by atoms with Gasteiger partial charge in [-0.3, -0.25) is 0 Å². The van der Waals surface area contributed by atoms with Gasteiger partial charge in [-0.25, -0.2) is 0 Å². The molecule has 1 aromatic heterocycles. The molecule has 2 aromatic rings. The Labute approximate surface area is 140 Å². The van der Waals surface area contributed by atoms with Crippen LogP contribution in [0.4, 0.5) is 0 Å². The highest BCUT2D eigenvalue weighted by Crippen LogP contribution is 2.36. The van der Waals surface area contributed by atoms with Crippen LogP contribution in [0.1, 0.15) is 43.7 Å². The highest BCUT2D eigenvalue weighted by Gasteiger charge is 2.17. The van der Waals surface area contributed by atoms with E-state index in [2.05, 4.69) is 79.3 Å². The van der Waals surface area contributed by atoms with Crippen molar-refractivity contribution in [2.75, 3.05) is 6.54 Å². The number of benzene rings is 1. The summed E-state index contributed by atoms with van der Waals surface area (Å²) in [7, 11) is 0. The van der Waals surface area contributed by atoms with Crippen LogP contribution in [0, 0.1) is 12.8 Å². The topological polar surface area (TPSA) is 12.0 Å². The molecule has 1 unspecified atom stereocenters. The first-order valence-electron chi connectivity index (χ1n) is 7.62. The minimum atomic E-state index is 0.455. The maximum absolute atomic E-state index is 3.68. The zero-order valence-electron chi connectivity index (χ0n) is 13.2. The van der Waals surface area contributed by atoms with Gasteiger partial charge in [0, 0.05) is 20.3 Å². The standard InChI is InChI=1S/C18H24BrNS/c1-5-10-20-18(12(2)3)17-9-8-16(21-17)15-11-14(19)7-6-13(15)4/h6-9,11-12,18,20H,5,10H2,1-4H3. The molecule has 0 aliphatic heterocycles. The molecule has 0 aliphatic rings. The Morgan fingerprint density at radius 3 is 2.62 bits per heavy atom. The maximum atomic E-state index is 3.68. The Balaban J connectivity index is 2.29.